The summed E-state index contributed by atoms with van der Waals surface area (Å²) in [6, 6.07) is 24.0. The molecular formula is C26H22N4O3S. The zero-order valence-electron chi connectivity index (χ0n) is 18.5. The Morgan fingerprint density at radius 3 is 2.53 bits per heavy atom. The topological polar surface area (TPSA) is 76.8 Å². The van der Waals surface area contributed by atoms with Crippen molar-refractivity contribution in [1.29, 1.82) is 0 Å². The summed E-state index contributed by atoms with van der Waals surface area (Å²) in [6.07, 6.45) is 0.588. The number of hydrazone groups is 1. The number of carbonyl (C=O) groups is 1. The fourth-order valence-electron chi connectivity index (χ4n) is 3.94. The molecule has 4 aromatic rings. The Morgan fingerprint density at radius 2 is 1.82 bits per heavy atom. The molecule has 0 N–H and O–H groups in total. The maximum atomic E-state index is 13.4. The molecular weight excluding hydrogens is 448 g/mol. The van der Waals surface area contributed by atoms with Crippen LogP contribution in [0.5, 0.6) is 5.75 Å². The van der Waals surface area contributed by atoms with Crippen molar-refractivity contribution in [3.63, 3.8) is 0 Å². The van der Waals surface area contributed by atoms with Crippen LogP contribution in [0.1, 0.15) is 22.9 Å². The Kier molecular flexibility index (Phi) is 6.05. The monoisotopic (exact) mass is 470 g/mol. The lowest BCUT2D eigenvalue weighted by molar-refractivity contribution is -0.133. The minimum Gasteiger partial charge on any atom is -0.497 e. The third kappa shape index (κ3) is 4.40. The highest BCUT2D eigenvalue weighted by Crippen LogP contribution is 2.34. The van der Waals surface area contributed by atoms with Crippen LogP contribution in [0.4, 0.5) is 0 Å². The van der Waals surface area contributed by atoms with E-state index in [4.69, 9.17) is 4.74 Å². The van der Waals surface area contributed by atoms with Crippen LogP contribution >= 0.6 is 11.3 Å². The summed E-state index contributed by atoms with van der Waals surface area (Å²) in [4.78, 5) is 27.0. The molecule has 0 aliphatic carbocycles. The van der Waals surface area contributed by atoms with Crippen molar-refractivity contribution < 1.29 is 9.53 Å². The molecule has 34 heavy (non-hydrogen) atoms. The first-order valence-electron chi connectivity index (χ1n) is 10.8. The number of benzene rings is 2. The Balaban J connectivity index is 1.45. The zero-order valence-corrected chi connectivity index (χ0v) is 19.3. The van der Waals surface area contributed by atoms with Crippen LogP contribution in [0.2, 0.25) is 0 Å². The van der Waals surface area contributed by atoms with Crippen molar-refractivity contribution in [3.05, 3.63) is 105 Å². The van der Waals surface area contributed by atoms with Crippen LogP contribution in [0.25, 0.3) is 11.3 Å². The van der Waals surface area contributed by atoms with E-state index < -0.39 is 0 Å². The predicted octanol–water partition coefficient (Wildman–Crippen LogP) is 4.36. The molecule has 0 saturated heterocycles. The lowest BCUT2D eigenvalue weighted by Gasteiger charge is -2.22. The van der Waals surface area contributed by atoms with Crippen LogP contribution in [-0.4, -0.2) is 33.5 Å². The molecule has 3 heterocycles. The average Bonchev–Trinajstić information content (AvgIpc) is 3.56. The summed E-state index contributed by atoms with van der Waals surface area (Å²) in [7, 11) is 1.62. The molecule has 0 spiro atoms. The van der Waals surface area contributed by atoms with Gasteiger partial charge >= 0.3 is 0 Å². The van der Waals surface area contributed by atoms with Gasteiger partial charge in [-0.3, -0.25) is 9.59 Å². The van der Waals surface area contributed by atoms with E-state index in [1.54, 1.807) is 24.5 Å². The molecule has 170 valence electrons. The van der Waals surface area contributed by atoms with Crippen LogP contribution in [0, 0.1) is 0 Å². The normalized spacial score (nSPS) is 15.3. The van der Waals surface area contributed by atoms with Gasteiger partial charge in [0.15, 0.2) is 0 Å². The predicted molar refractivity (Wildman–Crippen MR) is 132 cm³/mol. The minimum absolute atomic E-state index is 0.201. The number of ether oxygens (including phenoxy) is 1. The average molecular weight is 471 g/mol. The highest BCUT2D eigenvalue weighted by Gasteiger charge is 2.33. The first kappa shape index (κ1) is 21.8. The van der Waals surface area contributed by atoms with Crippen molar-refractivity contribution in [1.82, 2.24) is 14.8 Å². The van der Waals surface area contributed by atoms with E-state index in [0.717, 1.165) is 27.5 Å². The number of hydrogen-bond acceptors (Lipinski definition) is 6. The van der Waals surface area contributed by atoms with Crippen LogP contribution in [0.3, 0.4) is 0 Å². The molecule has 5 rings (SSSR count). The Hall–Kier alpha value is -4.04. The molecule has 0 radical (unpaired) electrons. The second-order valence-electron chi connectivity index (χ2n) is 7.84. The van der Waals surface area contributed by atoms with Crippen molar-refractivity contribution in [2.24, 2.45) is 5.10 Å². The molecule has 1 unspecified atom stereocenters. The van der Waals surface area contributed by atoms with Crippen molar-refractivity contribution >= 4 is 23.0 Å². The van der Waals surface area contributed by atoms with Crippen LogP contribution in [-0.2, 0) is 11.3 Å². The molecule has 8 heteroatoms. The molecule has 0 fully saturated rings. The summed E-state index contributed by atoms with van der Waals surface area (Å²) in [5, 5.41) is 12.6. The van der Waals surface area contributed by atoms with Gasteiger partial charge in [-0.05, 0) is 35.2 Å². The summed E-state index contributed by atoms with van der Waals surface area (Å²) in [5.74, 6) is 0.444. The fourth-order valence-corrected chi connectivity index (χ4v) is 4.66. The molecule has 2 aromatic carbocycles. The fraction of sp³-hybridized carbons (Fsp3) is 0.154. The number of amides is 1. The number of aromatic nitrogens is 2. The molecule has 0 saturated carbocycles. The van der Waals surface area contributed by atoms with Gasteiger partial charge in [-0.15, -0.1) is 11.3 Å². The number of methoxy groups -OCH3 is 1. The van der Waals surface area contributed by atoms with E-state index in [1.165, 1.54) is 15.8 Å². The molecule has 1 atom stereocenters. The van der Waals surface area contributed by atoms with Gasteiger partial charge in [-0.2, -0.15) is 10.2 Å². The molecule has 7 nitrogen and oxygen atoms in total. The van der Waals surface area contributed by atoms with Gasteiger partial charge in [0.25, 0.3) is 11.5 Å². The van der Waals surface area contributed by atoms with E-state index in [0.29, 0.717) is 12.1 Å². The van der Waals surface area contributed by atoms with Crippen LogP contribution < -0.4 is 10.3 Å². The molecule has 1 aliphatic rings. The van der Waals surface area contributed by atoms with Gasteiger partial charge in [0.05, 0.1) is 29.4 Å². The van der Waals surface area contributed by atoms with Gasteiger partial charge in [0.2, 0.25) is 0 Å². The SMILES string of the molecule is COc1ccc(C2CC(c3cccs3)=NN2C(=O)Cn2nc(-c3ccccc3)ccc2=O)cc1. The van der Waals surface area contributed by atoms with E-state index in [2.05, 4.69) is 10.2 Å². The largest absolute Gasteiger partial charge is 0.497 e. The third-order valence-corrected chi connectivity index (χ3v) is 6.61. The minimum atomic E-state index is -0.337. The summed E-state index contributed by atoms with van der Waals surface area (Å²) >= 11 is 1.59. The third-order valence-electron chi connectivity index (χ3n) is 5.69. The summed E-state index contributed by atoms with van der Waals surface area (Å²) in [5.41, 5.74) is 2.96. The van der Waals surface area contributed by atoms with Crippen LogP contribution in [0.15, 0.2) is 94.1 Å². The number of carbonyl (C=O) groups excluding carboxylic acids is 1. The van der Waals surface area contributed by atoms with Gasteiger partial charge in [-0.25, -0.2) is 9.69 Å². The van der Waals surface area contributed by atoms with Gasteiger partial charge in [-0.1, -0.05) is 48.5 Å². The zero-order chi connectivity index (χ0) is 23.5. The number of thiophene rings is 1. The number of hydrogen-bond donors (Lipinski definition) is 0. The van der Waals surface area contributed by atoms with Crippen molar-refractivity contribution in [2.45, 2.75) is 19.0 Å². The van der Waals surface area contributed by atoms with E-state index in [9.17, 15) is 9.59 Å². The highest BCUT2D eigenvalue weighted by molar-refractivity contribution is 7.12. The maximum absolute atomic E-state index is 13.4. The lowest BCUT2D eigenvalue weighted by Crippen LogP contribution is -2.34. The maximum Gasteiger partial charge on any atom is 0.267 e. The van der Waals surface area contributed by atoms with E-state index in [1.807, 2.05) is 72.1 Å². The molecule has 2 aromatic heterocycles. The quantitative estimate of drug-likeness (QED) is 0.420. The van der Waals surface area contributed by atoms with Crippen molar-refractivity contribution in [2.75, 3.05) is 7.11 Å². The Bertz CT molecular complexity index is 1380. The smallest absolute Gasteiger partial charge is 0.267 e. The summed E-state index contributed by atoms with van der Waals surface area (Å²) < 4.78 is 6.47. The first-order valence-corrected chi connectivity index (χ1v) is 11.7. The summed E-state index contributed by atoms with van der Waals surface area (Å²) in [6.45, 7) is -0.201. The molecule has 0 bridgehead atoms. The highest BCUT2D eigenvalue weighted by atomic mass is 32.1. The number of nitrogens with zero attached hydrogens (tertiary/aromatic N) is 4. The van der Waals surface area contributed by atoms with Crippen molar-refractivity contribution in [3.8, 4) is 17.0 Å². The van der Waals surface area contributed by atoms with Gasteiger partial charge < -0.3 is 4.74 Å². The molecule has 1 amide bonds. The Morgan fingerprint density at radius 1 is 1.03 bits per heavy atom. The Labute approximate surface area is 200 Å². The number of rotatable bonds is 6. The first-order chi connectivity index (χ1) is 16.6. The second kappa shape index (κ2) is 9.44. The second-order valence-corrected chi connectivity index (χ2v) is 8.78. The van der Waals surface area contributed by atoms with Gasteiger partial charge in [0, 0.05) is 18.1 Å². The standard InChI is InChI=1S/C26H22N4O3S/c1-33-20-11-9-19(10-12-20)23-16-22(24-8-5-15-34-24)28-30(23)26(32)17-29-25(31)14-13-21(27-29)18-6-3-2-4-7-18/h2-15,23H,16-17H2,1H3. The molecule has 1 aliphatic heterocycles. The van der Waals surface area contributed by atoms with E-state index >= 15 is 0 Å². The van der Waals surface area contributed by atoms with Gasteiger partial charge in [0.1, 0.15) is 12.3 Å². The van der Waals surface area contributed by atoms with E-state index in [-0.39, 0.29) is 24.1 Å². The lowest BCUT2D eigenvalue weighted by atomic mass is 10.0.